The SMILES string of the molecule is C=C1CC2=C(C=C(c3cccc(C)c3)CC=C2)N1C. The Labute approximate surface area is 115 Å². The van der Waals surface area contributed by atoms with Gasteiger partial charge in [0.1, 0.15) is 0 Å². The number of aryl methyl sites for hydroxylation is 1. The highest BCUT2D eigenvalue weighted by molar-refractivity contribution is 5.72. The Hall–Kier alpha value is -2.02. The van der Waals surface area contributed by atoms with E-state index < -0.39 is 0 Å². The smallest absolute Gasteiger partial charge is 0.0445 e. The lowest BCUT2D eigenvalue weighted by Crippen LogP contribution is -2.09. The molecule has 1 aliphatic heterocycles. The van der Waals surface area contributed by atoms with Crippen LogP contribution in [0, 0.1) is 6.92 Å². The van der Waals surface area contributed by atoms with Crippen molar-refractivity contribution in [2.45, 2.75) is 19.8 Å². The number of hydrogen-bond donors (Lipinski definition) is 0. The molecule has 0 atom stereocenters. The molecule has 0 saturated heterocycles. The number of likely N-dealkylation sites (N-methyl/N-ethyl adjacent to an activating group) is 1. The summed E-state index contributed by atoms with van der Waals surface area (Å²) < 4.78 is 0. The van der Waals surface area contributed by atoms with Crippen LogP contribution in [0.4, 0.5) is 0 Å². The summed E-state index contributed by atoms with van der Waals surface area (Å²) in [7, 11) is 2.11. The molecule has 1 heteroatoms. The van der Waals surface area contributed by atoms with Crippen LogP contribution in [0.5, 0.6) is 0 Å². The Balaban J connectivity index is 2.05. The second-order valence-corrected chi connectivity index (χ2v) is 5.36. The maximum absolute atomic E-state index is 4.12. The van der Waals surface area contributed by atoms with E-state index in [0.717, 1.165) is 12.8 Å². The third-order valence-corrected chi connectivity index (χ3v) is 3.92. The van der Waals surface area contributed by atoms with E-state index in [1.807, 2.05) is 0 Å². The minimum Gasteiger partial charge on any atom is -0.348 e. The van der Waals surface area contributed by atoms with Crippen LogP contribution in [-0.2, 0) is 0 Å². The maximum atomic E-state index is 4.12. The lowest BCUT2D eigenvalue weighted by Gasteiger charge is -2.16. The van der Waals surface area contributed by atoms with E-state index in [0.29, 0.717) is 0 Å². The molecule has 1 aromatic rings. The first kappa shape index (κ1) is 12.0. The van der Waals surface area contributed by atoms with Gasteiger partial charge in [0.05, 0.1) is 0 Å². The van der Waals surface area contributed by atoms with E-state index in [9.17, 15) is 0 Å². The molecule has 0 radical (unpaired) electrons. The molecule has 0 aromatic heterocycles. The van der Waals surface area contributed by atoms with E-state index in [2.05, 4.69) is 67.9 Å². The summed E-state index contributed by atoms with van der Waals surface area (Å²) in [5.74, 6) is 0. The van der Waals surface area contributed by atoms with Gasteiger partial charge in [-0.15, -0.1) is 0 Å². The van der Waals surface area contributed by atoms with Crippen molar-refractivity contribution in [1.29, 1.82) is 0 Å². The first-order chi connectivity index (χ1) is 9.15. The fourth-order valence-electron chi connectivity index (χ4n) is 2.75. The Morgan fingerprint density at radius 3 is 2.89 bits per heavy atom. The van der Waals surface area contributed by atoms with Gasteiger partial charge in [-0.1, -0.05) is 48.6 Å². The Morgan fingerprint density at radius 2 is 2.11 bits per heavy atom. The number of rotatable bonds is 1. The molecule has 96 valence electrons. The quantitative estimate of drug-likeness (QED) is 0.711. The van der Waals surface area contributed by atoms with Gasteiger partial charge >= 0.3 is 0 Å². The molecular weight excluding hydrogens is 230 g/mol. The average molecular weight is 249 g/mol. The Kier molecular flexibility index (Phi) is 2.90. The van der Waals surface area contributed by atoms with E-state index in [4.69, 9.17) is 0 Å². The summed E-state index contributed by atoms with van der Waals surface area (Å²) in [6.45, 7) is 6.27. The molecule has 2 aliphatic rings. The lowest BCUT2D eigenvalue weighted by atomic mass is 10.0. The highest BCUT2D eigenvalue weighted by atomic mass is 15.1. The van der Waals surface area contributed by atoms with Gasteiger partial charge in [0.2, 0.25) is 0 Å². The van der Waals surface area contributed by atoms with Gasteiger partial charge < -0.3 is 4.90 Å². The Bertz CT molecular complexity index is 629. The molecule has 1 nitrogen and oxygen atoms in total. The molecule has 0 unspecified atom stereocenters. The number of nitrogens with zero attached hydrogens (tertiary/aromatic N) is 1. The lowest BCUT2D eigenvalue weighted by molar-refractivity contribution is 0.558. The van der Waals surface area contributed by atoms with Gasteiger partial charge in [-0.05, 0) is 36.1 Å². The molecule has 1 heterocycles. The zero-order chi connectivity index (χ0) is 13.4. The van der Waals surface area contributed by atoms with E-state index in [-0.39, 0.29) is 0 Å². The molecule has 19 heavy (non-hydrogen) atoms. The normalized spacial score (nSPS) is 18.5. The number of benzene rings is 1. The molecule has 0 bridgehead atoms. The number of allylic oxidation sites excluding steroid dienone is 5. The van der Waals surface area contributed by atoms with Gasteiger partial charge in [-0.3, -0.25) is 0 Å². The molecule has 0 spiro atoms. The zero-order valence-electron chi connectivity index (χ0n) is 11.6. The molecule has 3 rings (SSSR count). The summed E-state index contributed by atoms with van der Waals surface area (Å²) >= 11 is 0. The highest BCUT2D eigenvalue weighted by Gasteiger charge is 2.21. The summed E-state index contributed by atoms with van der Waals surface area (Å²) in [5.41, 5.74) is 7.88. The first-order valence-electron chi connectivity index (χ1n) is 6.74. The maximum Gasteiger partial charge on any atom is 0.0445 e. The van der Waals surface area contributed by atoms with Crippen LogP contribution in [0.15, 0.2) is 66.0 Å². The minimum atomic E-state index is 0.972. The number of hydrogen-bond acceptors (Lipinski definition) is 1. The van der Waals surface area contributed by atoms with Crippen molar-refractivity contribution in [1.82, 2.24) is 4.90 Å². The van der Waals surface area contributed by atoms with Crippen LogP contribution < -0.4 is 0 Å². The Morgan fingerprint density at radius 1 is 1.26 bits per heavy atom. The van der Waals surface area contributed by atoms with Crippen molar-refractivity contribution in [2.24, 2.45) is 0 Å². The molecule has 0 fully saturated rings. The van der Waals surface area contributed by atoms with Gasteiger partial charge in [-0.25, -0.2) is 0 Å². The predicted molar refractivity (Wildman–Crippen MR) is 81.5 cm³/mol. The van der Waals surface area contributed by atoms with Crippen molar-refractivity contribution in [2.75, 3.05) is 7.05 Å². The molecular formula is C18H19N. The van der Waals surface area contributed by atoms with E-state index >= 15 is 0 Å². The predicted octanol–water partition coefficient (Wildman–Crippen LogP) is 4.44. The van der Waals surface area contributed by atoms with E-state index in [1.165, 1.54) is 33.7 Å². The summed E-state index contributed by atoms with van der Waals surface area (Å²) in [5, 5.41) is 0. The minimum absolute atomic E-state index is 0.972. The van der Waals surface area contributed by atoms with Crippen molar-refractivity contribution in [3.05, 3.63) is 77.2 Å². The average Bonchev–Trinajstić information content (AvgIpc) is 2.57. The fourth-order valence-corrected chi connectivity index (χ4v) is 2.75. The topological polar surface area (TPSA) is 3.24 Å². The molecule has 1 aromatic carbocycles. The van der Waals surface area contributed by atoms with Gasteiger partial charge in [0.25, 0.3) is 0 Å². The molecule has 0 amide bonds. The van der Waals surface area contributed by atoms with Crippen LogP contribution in [-0.4, -0.2) is 11.9 Å². The third-order valence-electron chi connectivity index (χ3n) is 3.92. The van der Waals surface area contributed by atoms with Crippen molar-refractivity contribution >= 4 is 5.57 Å². The largest absolute Gasteiger partial charge is 0.348 e. The van der Waals surface area contributed by atoms with Crippen molar-refractivity contribution in [3.63, 3.8) is 0 Å². The summed E-state index contributed by atoms with van der Waals surface area (Å²) in [6, 6.07) is 8.73. The van der Waals surface area contributed by atoms with E-state index in [1.54, 1.807) is 0 Å². The molecule has 0 saturated carbocycles. The van der Waals surface area contributed by atoms with Gasteiger partial charge in [0.15, 0.2) is 0 Å². The zero-order valence-corrected chi connectivity index (χ0v) is 11.6. The molecule has 1 aliphatic carbocycles. The van der Waals surface area contributed by atoms with Crippen LogP contribution in [0.25, 0.3) is 5.57 Å². The first-order valence-corrected chi connectivity index (χ1v) is 6.74. The molecule has 0 N–H and O–H groups in total. The highest BCUT2D eigenvalue weighted by Crippen LogP contribution is 2.35. The van der Waals surface area contributed by atoms with Crippen molar-refractivity contribution < 1.29 is 0 Å². The van der Waals surface area contributed by atoms with Crippen molar-refractivity contribution in [3.8, 4) is 0 Å². The second kappa shape index (κ2) is 4.58. The van der Waals surface area contributed by atoms with Crippen LogP contribution in [0.1, 0.15) is 24.0 Å². The van der Waals surface area contributed by atoms with Gasteiger partial charge in [-0.2, -0.15) is 0 Å². The van der Waals surface area contributed by atoms with Crippen LogP contribution in [0.2, 0.25) is 0 Å². The van der Waals surface area contributed by atoms with Crippen LogP contribution >= 0.6 is 0 Å². The van der Waals surface area contributed by atoms with Gasteiger partial charge in [0, 0.05) is 24.9 Å². The second-order valence-electron chi connectivity index (χ2n) is 5.36. The summed E-state index contributed by atoms with van der Waals surface area (Å²) in [6.07, 6.45) is 8.81. The monoisotopic (exact) mass is 249 g/mol. The summed E-state index contributed by atoms with van der Waals surface area (Å²) in [4.78, 5) is 2.21. The van der Waals surface area contributed by atoms with Crippen LogP contribution in [0.3, 0.4) is 0 Å². The third kappa shape index (κ3) is 2.17. The fraction of sp³-hybridized carbons (Fsp3) is 0.222. The standard InChI is InChI=1S/C18H19N/c1-13-6-4-7-15(10-13)16-8-5-9-17-11-14(2)19(3)18(17)12-16/h4-7,9-10,12H,2,8,11H2,1,3H3.